The molecule has 0 aliphatic carbocycles. The maximum atomic E-state index is 12.2. The van der Waals surface area contributed by atoms with E-state index in [-0.39, 0.29) is 37.6 Å². The Kier molecular flexibility index (Phi) is 14.7. The van der Waals surface area contributed by atoms with Crippen molar-refractivity contribution in [3.8, 4) is 17.2 Å². The van der Waals surface area contributed by atoms with Crippen molar-refractivity contribution in [1.82, 2.24) is 16.0 Å². The first kappa shape index (κ1) is 42.7. The number of aliphatic carboxylic acids is 3. The minimum Gasteiger partial charge on any atom is -0.489 e. The minimum absolute atomic E-state index is 0.0979. The van der Waals surface area contributed by atoms with Crippen molar-refractivity contribution < 1.29 is 43.9 Å². The summed E-state index contributed by atoms with van der Waals surface area (Å²) < 4.78 is 19.0. The van der Waals surface area contributed by atoms with Crippen LogP contribution < -0.4 is 30.2 Å². The zero-order valence-electron chi connectivity index (χ0n) is 34.0. The molecule has 12 heteroatoms. The smallest absolute Gasteiger partial charge is 0.307 e. The van der Waals surface area contributed by atoms with E-state index in [0.717, 1.165) is 72.3 Å². The number of carbonyl (C=O) groups is 3. The van der Waals surface area contributed by atoms with Gasteiger partial charge in [0.2, 0.25) is 0 Å². The van der Waals surface area contributed by atoms with Gasteiger partial charge in [0, 0.05) is 18.2 Å². The Morgan fingerprint density at radius 1 is 0.467 bits per heavy atom. The second-order valence-electron chi connectivity index (χ2n) is 16.7. The summed E-state index contributed by atoms with van der Waals surface area (Å²) in [5.41, 5.74) is 5.57. The van der Waals surface area contributed by atoms with Gasteiger partial charge < -0.3 is 45.5 Å². The molecule has 3 saturated heterocycles. The first-order valence-corrected chi connectivity index (χ1v) is 21.2. The van der Waals surface area contributed by atoms with E-state index in [4.69, 9.17) is 14.2 Å². The van der Waals surface area contributed by atoms with Crippen molar-refractivity contribution in [1.29, 1.82) is 0 Å². The molecule has 3 heterocycles. The summed E-state index contributed by atoms with van der Waals surface area (Å²) in [6.45, 7) is 5.39. The van der Waals surface area contributed by atoms with Crippen molar-refractivity contribution in [2.24, 2.45) is 35.5 Å². The monoisotopic (exact) mass is 819 g/mol. The highest BCUT2D eigenvalue weighted by atomic mass is 16.5. The van der Waals surface area contributed by atoms with Crippen LogP contribution in [-0.2, 0) is 53.5 Å². The summed E-state index contributed by atoms with van der Waals surface area (Å²) in [5, 5.41) is 39.8. The predicted molar refractivity (Wildman–Crippen MR) is 226 cm³/mol. The number of hydrogen-bond donors (Lipinski definition) is 6. The van der Waals surface area contributed by atoms with Gasteiger partial charge in [0.15, 0.2) is 0 Å². The van der Waals surface area contributed by atoms with Crippen LogP contribution in [0.5, 0.6) is 17.2 Å². The lowest BCUT2D eigenvalue weighted by atomic mass is 9.86. The first-order chi connectivity index (χ1) is 29.2. The second-order valence-corrected chi connectivity index (χ2v) is 16.7. The van der Waals surface area contributed by atoms with Crippen LogP contribution in [0.2, 0.25) is 0 Å². The number of carboxylic acids is 3. The predicted octanol–water partition coefficient (Wildman–Crippen LogP) is 5.98. The molecule has 6 N–H and O–H groups in total. The zero-order chi connectivity index (χ0) is 41.8. The third kappa shape index (κ3) is 11.9. The van der Waals surface area contributed by atoms with Crippen molar-refractivity contribution in [3.63, 3.8) is 0 Å². The van der Waals surface area contributed by atoms with Gasteiger partial charge in [-0.05, 0) is 129 Å². The summed E-state index contributed by atoms with van der Waals surface area (Å²) in [5.74, 6) is -1.82. The fraction of sp³-hybridized carbons (Fsp3) is 0.438. The Morgan fingerprint density at radius 2 is 0.750 bits per heavy atom. The summed E-state index contributed by atoms with van der Waals surface area (Å²) in [6.07, 6.45) is 3.90. The van der Waals surface area contributed by atoms with Crippen LogP contribution in [0.25, 0.3) is 0 Å². The van der Waals surface area contributed by atoms with Gasteiger partial charge in [-0.1, -0.05) is 72.8 Å². The molecule has 3 aliphatic heterocycles. The average Bonchev–Trinajstić information content (AvgIpc) is 4.08. The van der Waals surface area contributed by atoms with Gasteiger partial charge in [0.05, 0.1) is 17.8 Å². The first-order valence-electron chi connectivity index (χ1n) is 21.2. The molecule has 60 heavy (non-hydrogen) atoms. The van der Waals surface area contributed by atoms with Gasteiger partial charge >= 0.3 is 17.9 Å². The van der Waals surface area contributed by atoms with Crippen LogP contribution in [0.1, 0.15) is 52.6 Å². The molecule has 0 aromatic heterocycles. The van der Waals surface area contributed by atoms with Crippen LogP contribution in [0.15, 0.2) is 91.0 Å². The highest BCUT2D eigenvalue weighted by Crippen LogP contribution is 2.32. The molecule has 0 bridgehead atoms. The van der Waals surface area contributed by atoms with E-state index < -0.39 is 35.7 Å². The summed E-state index contributed by atoms with van der Waals surface area (Å²) >= 11 is 0. The molecule has 12 nitrogen and oxygen atoms in total. The lowest BCUT2D eigenvalue weighted by molar-refractivity contribution is -0.144. The molecule has 0 spiro atoms. The number of ether oxygens (including phenoxy) is 3. The van der Waals surface area contributed by atoms with Crippen molar-refractivity contribution in [2.75, 3.05) is 39.3 Å². The Labute approximate surface area is 351 Å². The second kappa shape index (κ2) is 20.7. The van der Waals surface area contributed by atoms with Crippen LogP contribution in [0.3, 0.4) is 0 Å². The third-order valence-corrected chi connectivity index (χ3v) is 12.4. The van der Waals surface area contributed by atoms with Crippen molar-refractivity contribution in [3.05, 3.63) is 124 Å². The molecule has 0 radical (unpaired) electrons. The topological polar surface area (TPSA) is 176 Å². The van der Waals surface area contributed by atoms with E-state index in [0.29, 0.717) is 56.1 Å². The molecule has 6 atom stereocenters. The maximum Gasteiger partial charge on any atom is 0.307 e. The van der Waals surface area contributed by atoms with Crippen molar-refractivity contribution >= 4 is 17.9 Å². The fourth-order valence-electron chi connectivity index (χ4n) is 9.02. The number of hydrogen-bond acceptors (Lipinski definition) is 9. The lowest BCUT2D eigenvalue weighted by Crippen LogP contribution is -2.27. The molecule has 3 fully saturated rings. The van der Waals surface area contributed by atoms with Crippen LogP contribution in [0.4, 0.5) is 0 Å². The molecule has 4 aromatic rings. The molecule has 318 valence electrons. The molecular formula is C48H57N3O9. The molecule has 0 saturated carbocycles. The molecule has 0 unspecified atom stereocenters. The normalized spacial score (nSPS) is 20.3. The number of rotatable bonds is 21. The third-order valence-electron chi connectivity index (χ3n) is 12.4. The molecular weight excluding hydrogens is 763 g/mol. The highest BCUT2D eigenvalue weighted by molar-refractivity contribution is 5.72. The van der Waals surface area contributed by atoms with Gasteiger partial charge in [-0.2, -0.15) is 0 Å². The van der Waals surface area contributed by atoms with E-state index in [1.165, 1.54) is 0 Å². The van der Waals surface area contributed by atoms with Gasteiger partial charge in [-0.25, -0.2) is 0 Å². The summed E-state index contributed by atoms with van der Waals surface area (Å²) in [6, 6.07) is 29.0. The highest BCUT2D eigenvalue weighted by Gasteiger charge is 2.32. The number of carboxylic acid groups (broad SMARTS) is 3. The van der Waals surface area contributed by atoms with E-state index >= 15 is 0 Å². The zero-order valence-corrected chi connectivity index (χ0v) is 34.0. The number of nitrogens with one attached hydrogen (secondary N) is 3. The maximum absolute atomic E-state index is 12.2. The van der Waals surface area contributed by atoms with Gasteiger partial charge in [-0.3, -0.25) is 14.4 Å². The van der Waals surface area contributed by atoms with E-state index in [2.05, 4.69) is 16.0 Å². The van der Waals surface area contributed by atoms with Crippen LogP contribution in [0, 0.1) is 35.5 Å². The lowest BCUT2D eigenvalue weighted by Gasteiger charge is -2.19. The Bertz CT molecular complexity index is 1830. The average molecular weight is 820 g/mol. The van der Waals surface area contributed by atoms with Gasteiger partial charge in [0.1, 0.15) is 37.1 Å². The van der Waals surface area contributed by atoms with Gasteiger partial charge in [0.25, 0.3) is 0 Å². The van der Waals surface area contributed by atoms with Crippen LogP contribution >= 0.6 is 0 Å². The van der Waals surface area contributed by atoms with E-state index in [1.807, 2.05) is 91.0 Å². The molecule has 0 amide bonds. The Balaban J connectivity index is 1.05. The summed E-state index contributed by atoms with van der Waals surface area (Å²) in [4.78, 5) is 36.5. The Morgan fingerprint density at radius 3 is 1.00 bits per heavy atom. The molecule has 3 aliphatic rings. The minimum atomic E-state index is -0.773. The molecule has 7 rings (SSSR count). The number of benzene rings is 4. The quantitative estimate of drug-likeness (QED) is 0.0581. The standard InChI is InChI=1S/C48H57N3O9/c52-46(53)43(37-10-13-49-25-37)19-31-4-1-7-34(16-31)28-58-40-22-41(59-29-35-8-2-5-32(17-35)20-44(47(54)55)38-11-14-50-26-38)24-42(23-40)60-30-36-9-3-6-33(18-36)21-45(48(56)57)39-12-15-51-27-39/h1-9,16-18,22-24,37-39,43-45,49-51H,10-15,19-21,25-30H2,(H,52,53)(H,54,55)(H,56,57)/t37-,38-,39-,43-,44-,45-/m0/s1. The van der Waals surface area contributed by atoms with Gasteiger partial charge in [-0.15, -0.1) is 0 Å². The van der Waals surface area contributed by atoms with E-state index in [9.17, 15) is 29.7 Å². The van der Waals surface area contributed by atoms with E-state index in [1.54, 1.807) is 0 Å². The largest absolute Gasteiger partial charge is 0.489 e. The van der Waals surface area contributed by atoms with Crippen molar-refractivity contribution in [2.45, 2.75) is 58.3 Å². The Hall–Kier alpha value is -5.43. The SMILES string of the molecule is O=C(O)[C@@H](Cc1cccc(COc2cc(OCc3cccc(C[C@H](C(=O)O)[C@H]4CCNC4)c3)cc(OCc3cccc(C[C@H](C(=O)O)[C@H]4CCNC4)c3)c2)c1)[C@H]1CCNC1. The fourth-order valence-corrected chi connectivity index (χ4v) is 9.02. The molecule has 4 aromatic carbocycles. The summed E-state index contributed by atoms with van der Waals surface area (Å²) in [7, 11) is 0. The van der Waals surface area contributed by atoms with Crippen LogP contribution in [-0.4, -0.2) is 72.5 Å².